The fourth-order valence-corrected chi connectivity index (χ4v) is 2.47. The number of hydrogen-bond donors (Lipinski definition) is 1. The molecule has 0 spiro atoms. The van der Waals surface area contributed by atoms with Crippen molar-refractivity contribution in [2.75, 3.05) is 0 Å². The normalized spacial score (nSPS) is 10.5. The first kappa shape index (κ1) is 13.5. The maximum Gasteiger partial charge on any atom is 0.191 e. The second-order valence-corrected chi connectivity index (χ2v) is 5.31. The largest absolute Gasteiger partial charge is 0.374 e. The van der Waals surface area contributed by atoms with Crippen molar-refractivity contribution in [1.82, 2.24) is 9.78 Å². The Morgan fingerprint density at radius 1 is 1.00 bits per heavy atom. The molecule has 0 aliphatic rings. The van der Waals surface area contributed by atoms with Crippen molar-refractivity contribution >= 4 is 17.3 Å². The molecule has 1 aromatic heterocycles. The smallest absolute Gasteiger partial charge is 0.191 e. The maximum atomic E-state index is 5.80. The third-order valence-corrected chi connectivity index (χ3v) is 3.56. The first-order chi connectivity index (χ1) is 10.2. The van der Waals surface area contributed by atoms with Crippen LogP contribution in [0.4, 0.5) is 0 Å². The van der Waals surface area contributed by atoms with Crippen molar-refractivity contribution in [2.45, 2.75) is 6.92 Å². The average Bonchev–Trinajstić information content (AvgIpc) is 2.94. The van der Waals surface area contributed by atoms with E-state index in [0.717, 1.165) is 22.4 Å². The SMILES string of the molecule is Cc1ccc(-c2cnn(C(N)=S)c2-c2ccccc2)cc1. The molecule has 0 unspecified atom stereocenters. The summed E-state index contributed by atoms with van der Waals surface area (Å²) in [6, 6.07) is 18.4. The predicted octanol–water partition coefficient (Wildman–Crippen LogP) is 3.62. The lowest BCUT2D eigenvalue weighted by atomic mass is 10.0. The fourth-order valence-electron chi connectivity index (χ4n) is 2.33. The van der Waals surface area contributed by atoms with E-state index in [1.54, 1.807) is 4.68 Å². The Morgan fingerprint density at radius 3 is 2.29 bits per heavy atom. The van der Waals surface area contributed by atoms with Gasteiger partial charge >= 0.3 is 0 Å². The van der Waals surface area contributed by atoms with Gasteiger partial charge in [0.05, 0.1) is 11.9 Å². The van der Waals surface area contributed by atoms with Gasteiger partial charge in [-0.05, 0) is 24.7 Å². The summed E-state index contributed by atoms with van der Waals surface area (Å²) >= 11 is 5.11. The second-order valence-electron chi connectivity index (χ2n) is 4.89. The van der Waals surface area contributed by atoms with Gasteiger partial charge in [0.2, 0.25) is 0 Å². The summed E-state index contributed by atoms with van der Waals surface area (Å²) in [5.41, 5.74) is 11.1. The van der Waals surface area contributed by atoms with Crippen LogP contribution in [0, 0.1) is 6.92 Å². The van der Waals surface area contributed by atoms with Crippen LogP contribution in [0.3, 0.4) is 0 Å². The summed E-state index contributed by atoms with van der Waals surface area (Å²) < 4.78 is 1.61. The van der Waals surface area contributed by atoms with E-state index in [1.165, 1.54) is 5.56 Å². The van der Waals surface area contributed by atoms with Crippen molar-refractivity contribution in [3.05, 3.63) is 66.4 Å². The monoisotopic (exact) mass is 293 g/mol. The first-order valence-electron chi connectivity index (χ1n) is 6.67. The molecule has 0 aliphatic carbocycles. The molecule has 1 heterocycles. The molecule has 0 radical (unpaired) electrons. The van der Waals surface area contributed by atoms with E-state index in [2.05, 4.69) is 36.3 Å². The number of nitrogens with two attached hydrogens (primary N) is 1. The highest BCUT2D eigenvalue weighted by Gasteiger charge is 2.15. The Morgan fingerprint density at radius 2 is 1.67 bits per heavy atom. The fraction of sp³-hybridized carbons (Fsp3) is 0.0588. The Kier molecular flexibility index (Phi) is 3.54. The third kappa shape index (κ3) is 2.58. The number of rotatable bonds is 2. The minimum atomic E-state index is 0.243. The summed E-state index contributed by atoms with van der Waals surface area (Å²) in [4.78, 5) is 0. The van der Waals surface area contributed by atoms with E-state index in [1.807, 2.05) is 36.5 Å². The van der Waals surface area contributed by atoms with Crippen LogP contribution in [0.5, 0.6) is 0 Å². The molecule has 3 nitrogen and oxygen atoms in total. The summed E-state index contributed by atoms with van der Waals surface area (Å²) in [6.45, 7) is 2.07. The molecule has 3 aromatic rings. The van der Waals surface area contributed by atoms with Gasteiger partial charge in [-0.2, -0.15) is 5.10 Å². The highest BCUT2D eigenvalue weighted by molar-refractivity contribution is 7.80. The van der Waals surface area contributed by atoms with Crippen LogP contribution in [-0.2, 0) is 0 Å². The van der Waals surface area contributed by atoms with Crippen molar-refractivity contribution in [3.8, 4) is 22.4 Å². The summed E-state index contributed by atoms with van der Waals surface area (Å²) in [6.07, 6.45) is 1.81. The first-order valence-corrected chi connectivity index (χ1v) is 7.08. The molecular weight excluding hydrogens is 278 g/mol. The summed E-state index contributed by atoms with van der Waals surface area (Å²) in [7, 11) is 0. The van der Waals surface area contributed by atoms with E-state index >= 15 is 0 Å². The van der Waals surface area contributed by atoms with Gasteiger partial charge in [-0.25, -0.2) is 4.68 Å². The van der Waals surface area contributed by atoms with Crippen LogP contribution in [0.1, 0.15) is 5.56 Å². The zero-order valence-corrected chi connectivity index (χ0v) is 12.5. The molecule has 21 heavy (non-hydrogen) atoms. The molecule has 0 saturated heterocycles. The van der Waals surface area contributed by atoms with E-state index in [-0.39, 0.29) is 5.11 Å². The molecule has 2 aromatic carbocycles. The minimum absolute atomic E-state index is 0.243. The molecular formula is C17H15N3S. The third-order valence-electron chi connectivity index (χ3n) is 3.39. The quantitative estimate of drug-likeness (QED) is 0.734. The molecule has 4 heteroatoms. The Labute approximate surface area is 129 Å². The number of nitrogens with zero attached hydrogens (tertiary/aromatic N) is 2. The molecule has 104 valence electrons. The van der Waals surface area contributed by atoms with Gasteiger partial charge in [-0.15, -0.1) is 0 Å². The average molecular weight is 293 g/mol. The zero-order valence-electron chi connectivity index (χ0n) is 11.7. The lowest BCUT2D eigenvalue weighted by Crippen LogP contribution is -2.21. The van der Waals surface area contributed by atoms with E-state index < -0.39 is 0 Å². The van der Waals surface area contributed by atoms with E-state index in [0.29, 0.717) is 0 Å². The standard InChI is InChI=1S/C17H15N3S/c1-12-7-9-13(10-8-12)15-11-19-20(17(18)21)16(15)14-5-3-2-4-6-14/h2-11H,1H3,(H2,18,21). The molecule has 0 saturated carbocycles. The van der Waals surface area contributed by atoms with Crippen molar-refractivity contribution in [2.24, 2.45) is 5.73 Å². The van der Waals surface area contributed by atoms with Crippen LogP contribution in [-0.4, -0.2) is 14.9 Å². The number of benzene rings is 2. The molecule has 3 rings (SSSR count). The van der Waals surface area contributed by atoms with Crippen LogP contribution in [0.15, 0.2) is 60.8 Å². The highest BCUT2D eigenvalue weighted by atomic mass is 32.1. The molecule has 2 N–H and O–H groups in total. The Hall–Kier alpha value is -2.46. The number of hydrogen-bond acceptors (Lipinski definition) is 2. The minimum Gasteiger partial charge on any atom is -0.374 e. The lowest BCUT2D eigenvalue weighted by Gasteiger charge is -2.09. The summed E-state index contributed by atoms with van der Waals surface area (Å²) in [5.74, 6) is 0. The van der Waals surface area contributed by atoms with Crippen LogP contribution >= 0.6 is 12.2 Å². The van der Waals surface area contributed by atoms with Crippen LogP contribution in [0.25, 0.3) is 22.4 Å². The topological polar surface area (TPSA) is 43.8 Å². The van der Waals surface area contributed by atoms with Crippen molar-refractivity contribution < 1.29 is 0 Å². The highest BCUT2D eigenvalue weighted by Crippen LogP contribution is 2.31. The predicted molar refractivity (Wildman–Crippen MR) is 90.0 cm³/mol. The molecule has 0 aliphatic heterocycles. The molecule has 0 amide bonds. The van der Waals surface area contributed by atoms with Gasteiger partial charge < -0.3 is 5.73 Å². The number of aryl methyl sites for hydroxylation is 1. The van der Waals surface area contributed by atoms with Gasteiger partial charge in [0.15, 0.2) is 5.11 Å². The lowest BCUT2D eigenvalue weighted by molar-refractivity contribution is 0.947. The van der Waals surface area contributed by atoms with E-state index in [4.69, 9.17) is 18.0 Å². The van der Waals surface area contributed by atoms with Gasteiger partial charge in [0.1, 0.15) is 0 Å². The van der Waals surface area contributed by atoms with Gasteiger partial charge in [-0.1, -0.05) is 60.2 Å². The van der Waals surface area contributed by atoms with Crippen LogP contribution in [0.2, 0.25) is 0 Å². The molecule has 0 fully saturated rings. The Bertz CT molecular complexity index is 774. The Balaban J connectivity index is 2.22. The summed E-state index contributed by atoms with van der Waals surface area (Å²) in [5, 5.41) is 4.58. The second kappa shape index (κ2) is 5.50. The van der Waals surface area contributed by atoms with Crippen molar-refractivity contribution in [1.29, 1.82) is 0 Å². The molecule has 0 bridgehead atoms. The van der Waals surface area contributed by atoms with Gasteiger partial charge in [0, 0.05) is 11.1 Å². The van der Waals surface area contributed by atoms with E-state index in [9.17, 15) is 0 Å². The van der Waals surface area contributed by atoms with Crippen LogP contribution < -0.4 is 5.73 Å². The number of thiocarbonyl (C=S) groups is 1. The van der Waals surface area contributed by atoms with Crippen molar-refractivity contribution in [3.63, 3.8) is 0 Å². The maximum absolute atomic E-state index is 5.80. The van der Waals surface area contributed by atoms with Gasteiger partial charge in [-0.3, -0.25) is 0 Å². The molecule has 0 atom stereocenters. The zero-order chi connectivity index (χ0) is 14.8. The van der Waals surface area contributed by atoms with Gasteiger partial charge in [0.25, 0.3) is 0 Å². The number of aromatic nitrogens is 2.